The average molecular weight is 314 g/mol. The van der Waals surface area contributed by atoms with Crippen molar-refractivity contribution < 1.29 is 5.11 Å². The van der Waals surface area contributed by atoms with Gasteiger partial charge in [0.2, 0.25) is 0 Å². The van der Waals surface area contributed by atoms with E-state index in [-0.39, 0.29) is 0 Å². The first-order chi connectivity index (χ1) is 11.3. The number of hydrogen-bond acceptors (Lipinski definition) is 8. The molecule has 9 heteroatoms. The molecule has 2 aliphatic rings. The summed E-state index contributed by atoms with van der Waals surface area (Å²) in [7, 11) is 0. The molecule has 0 radical (unpaired) electrons. The molecule has 120 valence electrons. The van der Waals surface area contributed by atoms with Crippen molar-refractivity contribution in [2.75, 3.05) is 23.0 Å². The third-order valence-electron chi connectivity index (χ3n) is 4.11. The van der Waals surface area contributed by atoms with E-state index >= 15 is 0 Å². The monoisotopic (exact) mass is 314 g/mol. The van der Waals surface area contributed by atoms with Gasteiger partial charge in [-0.25, -0.2) is 19.7 Å². The quantitative estimate of drug-likeness (QED) is 0.829. The van der Waals surface area contributed by atoms with Crippen molar-refractivity contribution in [2.45, 2.75) is 25.5 Å². The summed E-state index contributed by atoms with van der Waals surface area (Å²) >= 11 is 0. The SMILES string of the molecule is OC1C(n2ccnn2)=CNN1c1cc(N2CCCCC2)ncn1. The summed E-state index contributed by atoms with van der Waals surface area (Å²) in [6.07, 6.45) is 9.19. The van der Waals surface area contributed by atoms with E-state index in [2.05, 4.69) is 30.6 Å². The Balaban J connectivity index is 1.55. The Labute approximate surface area is 133 Å². The minimum atomic E-state index is -0.902. The van der Waals surface area contributed by atoms with E-state index in [0.717, 1.165) is 18.9 Å². The minimum absolute atomic E-state index is 0.584. The molecule has 1 unspecified atom stereocenters. The smallest absolute Gasteiger partial charge is 0.192 e. The molecule has 1 fully saturated rings. The van der Waals surface area contributed by atoms with Crippen molar-refractivity contribution in [2.24, 2.45) is 0 Å². The highest BCUT2D eigenvalue weighted by Crippen LogP contribution is 2.25. The van der Waals surface area contributed by atoms with E-state index in [0.29, 0.717) is 11.5 Å². The topological polar surface area (TPSA) is 95.2 Å². The van der Waals surface area contributed by atoms with E-state index < -0.39 is 6.23 Å². The molecule has 2 aromatic rings. The van der Waals surface area contributed by atoms with Gasteiger partial charge < -0.3 is 10.0 Å². The van der Waals surface area contributed by atoms with Crippen LogP contribution in [0.25, 0.3) is 5.70 Å². The Kier molecular flexibility index (Phi) is 3.54. The molecule has 4 heterocycles. The Bertz CT molecular complexity index is 695. The molecule has 4 rings (SSSR count). The molecular weight excluding hydrogens is 296 g/mol. The number of aliphatic hydroxyl groups excluding tert-OH is 1. The summed E-state index contributed by atoms with van der Waals surface area (Å²) in [5.74, 6) is 1.50. The molecule has 0 amide bonds. The lowest BCUT2D eigenvalue weighted by Gasteiger charge is -2.29. The number of hydrogen-bond donors (Lipinski definition) is 2. The van der Waals surface area contributed by atoms with Crippen LogP contribution in [0.15, 0.2) is 31.0 Å². The van der Waals surface area contributed by atoms with E-state index in [9.17, 15) is 5.11 Å². The molecule has 2 aliphatic heterocycles. The van der Waals surface area contributed by atoms with Crippen LogP contribution in [0.3, 0.4) is 0 Å². The molecule has 0 aliphatic carbocycles. The van der Waals surface area contributed by atoms with Gasteiger partial charge >= 0.3 is 0 Å². The Morgan fingerprint density at radius 3 is 2.74 bits per heavy atom. The third kappa shape index (κ3) is 2.59. The lowest BCUT2D eigenvalue weighted by molar-refractivity contribution is 0.219. The number of nitrogens with zero attached hydrogens (tertiary/aromatic N) is 7. The van der Waals surface area contributed by atoms with Crippen LogP contribution in [-0.4, -0.2) is 49.4 Å². The fourth-order valence-electron chi connectivity index (χ4n) is 2.90. The standard InChI is InChI=1S/C14H18N8O/c23-14-11(21-7-4-17-19-21)9-18-22(14)13-8-12(15-10-16-13)20-5-2-1-3-6-20/h4,7-10,14,18,23H,1-3,5-6H2. The van der Waals surface area contributed by atoms with Gasteiger partial charge in [0, 0.05) is 25.4 Å². The Hall–Kier alpha value is -2.68. The number of nitrogens with one attached hydrogen (secondary N) is 1. The van der Waals surface area contributed by atoms with E-state index in [1.165, 1.54) is 30.3 Å². The first-order valence-corrected chi connectivity index (χ1v) is 7.70. The van der Waals surface area contributed by atoms with E-state index in [4.69, 9.17) is 0 Å². The second kappa shape index (κ2) is 5.84. The van der Waals surface area contributed by atoms with Crippen LogP contribution in [0, 0.1) is 0 Å². The highest BCUT2D eigenvalue weighted by Gasteiger charge is 2.29. The van der Waals surface area contributed by atoms with Gasteiger partial charge in [0.1, 0.15) is 17.8 Å². The van der Waals surface area contributed by atoms with Gasteiger partial charge in [-0.05, 0) is 19.3 Å². The molecule has 1 saturated heterocycles. The zero-order valence-electron chi connectivity index (χ0n) is 12.6. The summed E-state index contributed by atoms with van der Waals surface area (Å²) in [4.78, 5) is 10.9. The maximum absolute atomic E-state index is 10.5. The fraction of sp³-hybridized carbons (Fsp3) is 0.429. The normalized spacial score (nSPS) is 21.3. The van der Waals surface area contributed by atoms with Gasteiger partial charge in [0.25, 0.3) is 0 Å². The summed E-state index contributed by atoms with van der Waals surface area (Å²) in [6, 6.07) is 1.89. The average Bonchev–Trinajstić information content (AvgIpc) is 3.25. The van der Waals surface area contributed by atoms with Crippen molar-refractivity contribution >= 4 is 17.3 Å². The zero-order valence-corrected chi connectivity index (χ0v) is 12.6. The molecule has 2 N–H and O–H groups in total. The molecule has 0 saturated carbocycles. The van der Waals surface area contributed by atoms with E-state index in [1.54, 1.807) is 23.6 Å². The van der Waals surface area contributed by atoms with Crippen LogP contribution in [0.5, 0.6) is 0 Å². The van der Waals surface area contributed by atoms with Crippen molar-refractivity contribution in [1.82, 2.24) is 30.4 Å². The van der Waals surface area contributed by atoms with Gasteiger partial charge in [0.15, 0.2) is 12.0 Å². The van der Waals surface area contributed by atoms with Crippen LogP contribution >= 0.6 is 0 Å². The predicted octanol–water partition coefficient (Wildman–Crippen LogP) is 0.200. The molecular formula is C14H18N8O. The summed E-state index contributed by atoms with van der Waals surface area (Å²) < 4.78 is 1.52. The molecule has 9 nitrogen and oxygen atoms in total. The predicted molar refractivity (Wildman–Crippen MR) is 84.0 cm³/mol. The largest absolute Gasteiger partial charge is 0.367 e. The minimum Gasteiger partial charge on any atom is -0.367 e. The van der Waals surface area contributed by atoms with E-state index in [1.807, 2.05) is 6.07 Å². The number of rotatable bonds is 3. The fourth-order valence-corrected chi connectivity index (χ4v) is 2.90. The van der Waals surface area contributed by atoms with Crippen molar-refractivity contribution in [3.05, 3.63) is 31.0 Å². The number of anilines is 2. The Morgan fingerprint density at radius 2 is 1.96 bits per heavy atom. The summed E-state index contributed by atoms with van der Waals surface area (Å²) in [5.41, 5.74) is 3.60. The lowest BCUT2D eigenvalue weighted by Crippen LogP contribution is -2.40. The van der Waals surface area contributed by atoms with Gasteiger partial charge in [0.05, 0.1) is 12.4 Å². The summed E-state index contributed by atoms with van der Waals surface area (Å²) in [5, 5.41) is 19.7. The van der Waals surface area contributed by atoms with Gasteiger partial charge in [-0.15, -0.1) is 5.10 Å². The second-order valence-corrected chi connectivity index (χ2v) is 5.57. The van der Waals surface area contributed by atoms with Crippen LogP contribution in [-0.2, 0) is 0 Å². The van der Waals surface area contributed by atoms with Gasteiger partial charge in [-0.3, -0.25) is 5.43 Å². The number of aliphatic hydroxyl groups is 1. The zero-order chi connectivity index (χ0) is 15.6. The maximum Gasteiger partial charge on any atom is 0.192 e. The summed E-state index contributed by atoms with van der Waals surface area (Å²) in [6.45, 7) is 2.02. The molecule has 0 spiro atoms. The molecule has 23 heavy (non-hydrogen) atoms. The lowest BCUT2D eigenvalue weighted by atomic mass is 10.1. The van der Waals surface area contributed by atoms with Crippen LogP contribution in [0.1, 0.15) is 19.3 Å². The highest BCUT2D eigenvalue weighted by atomic mass is 16.3. The van der Waals surface area contributed by atoms with Crippen molar-refractivity contribution in [3.63, 3.8) is 0 Å². The molecule has 0 aromatic carbocycles. The molecule has 0 bridgehead atoms. The number of aromatic nitrogens is 5. The Morgan fingerprint density at radius 1 is 1.13 bits per heavy atom. The van der Waals surface area contributed by atoms with Crippen molar-refractivity contribution in [3.8, 4) is 0 Å². The number of hydrazine groups is 1. The first-order valence-electron chi connectivity index (χ1n) is 7.70. The molecule has 2 aromatic heterocycles. The van der Waals surface area contributed by atoms with Crippen LogP contribution in [0.4, 0.5) is 11.6 Å². The van der Waals surface area contributed by atoms with Gasteiger partial charge in [-0.1, -0.05) is 5.21 Å². The van der Waals surface area contributed by atoms with Crippen LogP contribution in [0.2, 0.25) is 0 Å². The maximum atomic E-state index is 10.5. The van der Waals surface area contributed by atoms with Crippen LogP contribution < -0.4 is 15.3 Å². The molecule has 1 atom stereocenters. The number of piperidine rings is 1. The van der Waals surface area contributed by atoms with Gasteiger partial charge in [-0.2, -0.15) is 0 Å². The third-order valence-corrected chi connectivity index (χ3v) is 4.11. The highest BCUT2D eigenvalue weighted by molar-refractivity contribution is 5.61. The first kappa shape index (κ1) is 13.9. The second-order valence-electron chi connectivity index (χ2n) is 5.57. The van der Waals surface area contributed by atoms with Crippen molar-refractivity contribution in [1.29, 1.82) is 0 Å².